The van der Waals surface area contributed by atoms with Gasteiger partial charge < -0.3 is 15.2 Å². The average molecular weight is 469 g/mol. The molecule has 1 amide bonds. The summed E-state index contributed by atoms with van der Waals surface area (Å²) < 4.78 is 33.3. The van der Waals surface area contributed by atoms with Gasteiger partial charge in [0, 0.05) is 6.54 Å². The summed E-state index contributed by atoms with van der Waals surface area (Å²) in [4.78, 5) is 24.0. The van der Waals surface area contributed by atoms with Gasteiger partial charge in [0.25, 0.3) is 10.0 Å². The molecule has 172 valence electrons. The number of aryl methyl sites for hydroxylation is 1. The third-order valence-electron chi connectivity index (χ3n) is 4.91. The lowest BCUT2D eigenvalue weighted by Gasteiger charge is -2.25. The number of nitrogens with one attached hydrogen (secondary N) is 1. The van der Waals surface area contributed by atoms with Crippen molar-refractivity contribution in [1.82, 2.24) is 5.32 Å². The van der Waals surface area contributed by atoms with E-state index in [0.717, 1.165) is 9.87 Å². The van der Waals surface area contributed by atoms with E-state index in [4.69, 9.17) is 9.84 Å². The Morgan fingerprint density at radius 1 is 1.00 bits per heavy atom. The first-order valence-electron chi connectivity index (χ1n) is 10.0. The Kier molecular flexibility index (Phi) is 7.34. The SMILES string of the molecule is COc1ccccc1N(CC(=O)NCc1cccc(C(=O)O)c1)S(=O)(=O)c1ccc(C)cc1. The van der Waals surface area contributed by atoms with E-state index in [0.29, 0.717) is 11.3 Å². The van der Waals surface area contributed by atoms with Gasteiger partial charge in [0.05, 0.1) is 23.3 Å². The maximum Gasteiger partial charge on any atom is 0.335 e. The van der Waals surface area contributed by atoms with E-state index in [2.05, 4.69) is 5.32 Å². The number of carboxylic acids is 1. The minimum atomic E-state index is -4.08. The lowest BCUT2D eigenvalue weighted by atomic mass is 10.1. The number of benzene rings is 3. The van der Waals surface area contributed by atoms with E-state index in [1.807, 2.05) is 6.92 Å². The molecule has 2 N–H and O–H groups in total. The fourth-order valence-electron chi connectivity index (χ4n) is 3.17. The fraction of sp³-hybridized carbons (Fsp3) is 0.167. The second-order valence-corrected chi connectivity index (χ2v) is 9.14. The number of methoxy groups -OCH3 is 1. The zero-order chi connectivity index (χ0) is 24.0. The van der Waals surface area contributed by atoms with E-state index >= 15 is 0 Å². The smallest absolute Gasteiger partial charge is 0.335 e. The van der Waals surface area contributed by atoms with Gasteiger partial charge in [0.15, 0.2) is 0 Å². The average Bonchev–Trinajstić information content (AvgIpc) is 2.81. The van der Waals surface area contributed by atoms with E-state index < -0.39 is 28.4 Å². The van der Waals surface area contributed by atoms with Gasteiger partial charge in [-0.3, -0.25) is 9.10 Å². The van der Waals surface area contributed by atoms with Gasteiger partial charge in [-0.15, -0.1) is 0 Å². The number of carbonyl (C=O) groups excluding carboxylic acids is 1. The quantitative estimate of drug-likeness (QED) is 0.499. The van der Waals surface area contributed by atoms with Crippen molar-refractivity contribution in [3.05, 3.63) is 89.5 Å². The highest BCUT2D eigenvalue weighted by Gasteiger charge is 2.29. The van der Waals surface area contributed by atoms with E-state index in [-0.39, 0.29) is 22.7 Å². The monoisotopic (exact) mass is 468 g/mol. The van der Waals surface area contributed by atoms with Crippen LogP contribution in [0, 0.1) is 6.92 Å². The number of nitrogens with zero attached hydrogens (tertiary/aromatic N) is 1. The van der Waals surface area contributed by atoms with Crippen LogP contribution in [0.5, 0.6) is 5.75 Å². The molecular formula is C24H24N2O6S. The second kappa shape index (κ2) is 10.2. The number of carboxylic acid groups (broad SMARTS) is 1. The van der Waals surface area contributed by atoms with Gasteiger partial charge in [0.1, 0.15) is 12.3 Å². The molecule has 0 saturated heterocycles. The lowest BCUT2D eigenvalue weighted by molar-refractivity contribution is -0.119. The molecule has 0 radical (unpaired) electrons. The summed E-state index contributed by atoms with van der Waals surface area (Å²) in [6.07, 6.45) is 0. The summed E-state index contributed by atoms with van der Waals surface area (Å²) in [6.45, 7) is 1.40. The van der Waals surface area contributed by atoms with Crippen LogP contribution < -0.4 is 14.4 Å². The first-order chi connectivity index (χ1) is 15.7. The molecule has 33 heavy (non-hydrogen) atoms. The summed E-state index contributed by atoms with van der Waals surface area (Å²) in [5.41, 5.74) is 1.80. The maximum absolute atomic E-state index is 13.5. The third-order valence-corrected chi connectivity index (χ3v) is 6.69. The molecule has 0 aliphatic carbocycles. The Balaban J connectivity index is 1.88. The zero-order valence-corrected chi connectivity index (χ0v) is 19.0. The molecule has 9 heteroatoms. The maximum atomic E-state index is 13.5. The first-order valence-corrected chi connectivity index (χ1v) is 11.5. The molecule has 0 saturated carbocycles. The molecule has 0 aromatic heterocycles. The molecule has 0 spiro atoms. The minimum Gasteiger partial charge on any atom is -0.495 e. The third kappa shape index (κ3) is 5.69. The fourth-order valence-corrected chi connectivity index (χ4v) is 4.61. The Hall–Kier alpha value is -3.85. The van der Waals surface area contributed by atoms with E-state index in [1.165, 1.54) is 31.4 Å². The van der Waals surface area contributed by atoms with Crippen molar-refractivity contribution >= 4 is 27.6 Å². The Bertz CT molecular complexity index is 1260. The number of amides is 1. The zero-order valence-electron chi connectivity index (χ0n) is 18.2. The molecule has 8 nitrogen and oxygen atoms in total. The van der Waals surface area contributed by atoms with Crippen LogP contribution in [-0.2, 0) is 21.4 Å². The highest BCUT2D eigenvalue weighted by Crippen LogP contribution is 2.32. The van der Waals surface area contributed by atoms with E-state index in [9.17, 15) is 18.0 Å². The Labute approximate surface area is 192 Å². The predicted octanol–water partition coefficient (Wildman–Crippen LogP) is 3.21. The van der Waals surface area contributed by atoms with Crippen molar-refractivity contribution in [2.45, 2.75) is 18.4 Å². The van der Waals surface area contributed by atoms with Gasteiger partial charge in [-0.1, -0.05) is 42.0 Å². The number of sulfonamides is 1. The van der Waals surface area contributed by atoms with Crippen molar-refractivity contribution < 1.29 is 27.9 Å². The molecule has 0 aliphatic heterocycles. The van der Waals surface area contributed by atoms with Gasteiger partial charge >= 0.3 is 5.97 Å². The van der Waals surface area contributed by atoms with Gasteiger partial charge in [-0.2, -0.15) is 0 Å². The van der Waals surface area contributed by atoms with Crippen molar-refractivity contribution in [3.8, 4) is 5.75 Å². The first kappa shape index (κ1) is 23.8. The lowest BCUT2D eigenvalue weighted by Crippen LogP contribution is -2.40. The number of carbonyl (C=O) groups is 2. The summed E-state index contributed by atoms with van der Waals surface area (Å²) in [5.74, 6) is -1.33. The largest absolute Gasteiger partial charge is 0.495 e. The molecular weight excluding hydrogens is 444 g/mol. The predicted molar refractivity (Wildman–Crippen MR) is 124 cm³/mol. The summed E-state index contributed by atoms with van der Waals surface area (Å²) >= 11 is 0. The van der Waals surface area contributed by atoms with Crippen LogP contribution in [0.15, 0.2) is 77.7 Å². The van der Waals surface area contributed by atoms with Crippen molar-refractivity contribution in [3.63, 3.8) is 0 Å². The van der Waals surface area contributed by atoms with Gasteiger partial charge in [-0.05, 0) is 48.9 Å². The summed E-state index contributed by atoms with van der Waals surface area (Å²) in [5, 5.41) is 11.8. The van der Waals surface area contributed by atoms with E-state index in [1.54, 1.807) is 48.5 Å². The molecule has 0 atom stereocenters. The number of rotatable bonds is 9. The number of hydrogen-bond acceptors (Lipinski definition) is 5. The number of anilines is 1. The van der Waals surface area contributed by atoms with Crippen molar-refractivity contribution in [2.75, 3.05) is 18.0 Å². The number of hydrogen-bond donors (Lipinski definition) is 2. The van der Waals surface area contributed by atoms with Crippen molar-refractivity contribution in [1.29, 1.82) is 0 Å². The molecule has 3 aromatic carbocycles. The second-order valence-electron chi connectivity index (χ2n) is 7.28. The number of ether oxygens (including phenoxy) is 1. The van der Waals surface area contributed by atoms with Gasteiger partial charge in [-0.25, -0.2) is 13.2 Å². The van der Waals surface area contributed by atoms with Crippen LogP contribution in [0.3, 0.4) is 0 Å². The van der Waals surface area contributed by atoms with Crippen LogP contribution in [0.2, 0.25) is 0 Å². The van der Waals surface area contributed by atoms with Crippen LogP contribution in [-0.4, -0.2) is 39.1 Å². The standard InChI is InChI=1S/C24H24N2O6S/c1-17-10-12-20(13-11-17)33(30,31)26(21-8-3-4-9-22(21)32-2)16-23(27)25-15-18-6-5-7-19(14-18)24(28)29/h3-14H,15-16H2,1-2H3,(H,25,27)(H,28,29). The number of para-hydroxylation sites is 2. The highest BCUT2D eigenvalue weighted by atomic mass is 32.2. The Morgan fingerprint density at radius 2 is 1.70 bits per heavy atom. The van der Waals surface area contributed by atoms with Crippen LogP contribution in [0.1, 0.15) is 21.5 Å². The molecule has 3 aromatic rings. The van der Waals surface area contributed by atoms with Crippen LogP contribution >= 0.6 is 0 Å². The molecule has 3 rings (SSSR count). The van der Waals surface area contributed by atoms with Crippen LogP contribution in [0.4, 0.5) is 5.69 Å². The molecule has 0 fully saturated rings. The topological polar surface area (TPSA) is 113 Å². The summed E-state index contributed by atoms with van der Waals surface area (Å²) in [7, 11) is -2.66. The normalized spacial score (nSPS) is 11.0. The van der Waals surface area contributed by atoms with Crippen LogP contribution in [0.25, 0.3) is 0 Å². The number of aromatic carboxylic acids is 1. The highest BCUT2D eigenvalue weighted by molar-refractivity contribution is 7.92. The van der Waals surface area contributed by atoms with Gasteiger partial charge in [0.2, 0.25) is 5.91 Å². The van der Waals surface area contributed by atoms with Crippen molar-refractivity contribution in [2.24, 2.45) is 0 Å². The molecule has 0 bridgehead atoms. The summed E-state index contributed by atoms with van der Waals surface area (Å²) in [6, 6.07) is 19.0. The Morgan fingerprint density at radius 3 is 2.36 bits per heavy atom. The molecule has 0 unspecified atom stereocenters. The molecule has 0 aliphatic rings. The molecule has 0 heterocycles. The minimum absolute atomic E-state index is 0.0426.